The molecule has 30 heavy (non-hydrogen) atoms. The van der Waals surface area contributed by atoms with E-state index in [4.69, 9.17) is 0 Å². The van der Waals surface area contributed by atoms with Gasteiger partial charge in [0.15, 0.2) is 0 Å². The van der Waals surface area contributed by atoms with Gasteiger partial charge in [-0.05, 0) is 43.0 Å². The Bertz CT molecular complexity index is 1370. The minimum atomic E-state index is 0.586. The van der Waals surface area contributed by atoms with Crippen LogP contribution in [0.3, 0.4) is 0 Å². The van der Waals surface area contributed by atoms with E-state index in [1.165, 1.54) is 12.8 Å². The molecule has 3 N–H and O–H groups in total. The number of nitrogens with zero attached hydrogens (tertiary/aromatic N) is 4. The number of aromatic amines is 2. The topological polar surface area (TPSA) is 95.2 Å². The van der Waals surface area contributed by atoms with Crippen LogP contribution in [0.15, 0.2) is 67.5 Å². The largest absolute Gasteiger partial charge is 0.358 e. The minimum absolute atomic E-state index is 0.586. The Kier molecular flexibility index (Phi) is 3.67. The van der Waals surface area contributed by atoms with Gasteiger partial charge in [0.1, 0.15) is 5.69 Å². The molecule has 0 radical (unpaired) electrons. The Morgan fingerprint density at radius 2 is 1.97 bits per heavy atom. The van der Waals surface area contributed by atoms with Crippen LogP contribution in [0.4, 0.5) is 5.69 Å². The zero-order chi connectivity index (χ0) is 20.1. The van der Waals surface area contributed by atoms with Crippen LogP contribution in [0.5, 0.6) is 0 Å². The van der Waals surface area contributed by atoms with Crippen molar-refractivity contribution in [3.05, 3.63) is 67.5 Å². The number of H-pyrrole nitrogens is 2. The van der Waals surface area contributed by atoms with Gasteiger partial charge in [0, 0.05) is 46.1 Å². The van der Waals surface area contributed by atoms with E-state index in [0.29, 0.717) is 5.92 Å². The van der Waals surface area contributed by atoms with Crippen molar-refractivity contribution in [1.29, 1.82) is 0 Å². The van der Waals surface area contributed by atoms with Crippen LogP contribution in [0.1, 0.15) is 12.8 Å². The Balaban J connectivity index is 1.40. The Morgan fingerprint density at radius 1 is 1.03 bits per heavy atom. The highest BCUT2D eigenvalue weighted by molar-refractivity contribution is 5.96. The van der Waals surface area contributed by atoms with Crippen molar-refractivity contribution in [2.24, 2.45) is 5.92 Å². The average Bonchev–Trinajstić information content (AvgIpc) is 3.40. The van der Waals surface area contributed by atoms with Crippen molar-refractivity contribution in [1.82, 2.24) is 30.1 Å². The number of allylic oxidation sites excluding steroid dienone is 1. The summed E-state index contributed by atoms with van der Waals surface area (Å²) in [5.74, 6) is 0.586. The predicted molar refractivity (Wildman–Crippen MR) is 118 cm³/mol. The molecule has 7 heteroatoms. The number of nitrogens with one attached hydrogen (secondary N) is 3. The highest BCUT2D eigenvalue weighted by Crippen LogP contribution is 2.36. The third kappa shape index (κ3) is 2.91. The first kappa shape index (κ1) is 16.9. The van der Waals surface area contributed by atoms with Crippen molar-refractivity contribution in [2.75, 3.05) is 5.32 Å². The zero-order valence-electron chi connectivity index (χ0n) is 16.2. The van der Waals surface area contributed by atoms with E-state index in [9.17, 15) is 0 Å². The number of rotatable bonds is 5. The molecule has 5 aromatic heterocycles. The molecule has 6 rings (SSSR count). The van der Waals surface area contributed by atoms with E-state index in [1.807, 2.05) is 30.9 Å². The van der Waals surface area contributed by atoms with Crippen LogP contribution >= 0.6 is 0 Å². The standard InChI is InChI=1S/C23H19N7/c1-13(14-2-3-14)27-17-6-15(10-25-11-17)20-8-18-22(12-26-20)29-30-23(18)21-7-16-9-24-5-4-19(16)28-21/h4-12,14,27-28H,1-3H2,(H,29,30). The van der Waals surface area contributed by atoms with E-state index >= 15 is 0 Å². The lowest BCUT2D eigenvalue weighted by Gasteiger charge is -2.09. The number of pyridine rings is 3. The maximum Gasteiger partial charge on any atom is 0.116 e. The van der Waals surface area contributed by atoms with Gasteiger partial charge in [-0.25, -0.2) is 0 Å². The normalized spacial score (nSPS) is 13.7. The molecule has 0 spiro atoms. The predicted octanol–water partition coefficient (Wildman–Crippen LogP) is 4.90. The Hall–Kier alpha value is -4.00. The number of fused-ring (bicyclic) bond motifs is 2. The molecule has 0 saturated heterocycles. The molecule has 7 nitrogen and oxygen atoms in total. The van der Waals surface area contributed by atoms with Crippen molar-refractivity contribution in [3.8, 4) is 22.6 Å². The second-order valence-electron chi connectivity index (χ2n) is 7.72. The maximum atomic E-state index is 4.61. The van der Waals surface area contributed by atoms with Crippen LogP contribution in [0.25, 0.3) is 44.5 Å². The fraction of sp³-hybridized carbons (Fsp3) is 0.130. The second kappa shape index (κ2) is 6.52. The highest BCUT2D eigenvalue weighted by atomic mass is 15.1. The lowest BCUT2D eigenvalue weighted by molar-refractivity contribution is 1.02. The average molecular weight is 393 g/mol. The lowest BCUT2D eigenvalue weighted by atomic mass is 10.1. The van der Waals surface area contributed by atoms with Gasteiger partial charge in [-0.1, -0.05) is 6.58 Å². The summed E-state index contributed by atoms with van der Waals surface area (Å²) in [6, 6.07) is 8.13. The summed E-state index contributed by atoms with van der Waals surface area (Å²) >= 11 is 0. The summed E-state index contributed by atoms with van der Waals surface area (Å²) in [6.45, 7) is 4.14. The number of hydrogen-bond acceptors (Lipinski definition) is 5. The summed E-state index contributed by atoms with van der Waals surface area (Å²) in [4.78, 5) is 16.6. The maximum absolute atomic E-state index is 4.61. The molecular formula is C23H19N7. The van der Waals surface area contributed by atoms with Crippen molar-refractivity contribution < 1.29 is 0 Å². The van der Waals surface area contributed by atoms with Gasteiger partial charge in [-0.15, -0.1) is 0 Å². The van der Waals surface area contributed by atoms with E-state index in [2.05, 4.69) is 60.2 Å². The van der Waals surface area contributed by atoms with Crippen LogP contribution in [0, 0.1) is 5.92 Å². The van der Waals surface area contributed by atoms with Crippen LogP contribution in [-0.2, 0) is 0 Å². The number of hydrogen-bond donors (Lipinski definition) is 3. The van der Waals surface area contributed by atoms with Gasteiger partial charge in [0.05, 0.1) is 35.0 Å². The highest BCUT2D eigenvalue weighted by Gasteiger charge is 2.24. The van der Waals surface area contributed by atoms with Crippen molar-refractivity contribution in [3.63, 3.8) is 0 Å². The van der Waals surface area contributed by atoms with Gasteiger partial charge in [0.25, 0.3) is 0 Å². The SMILES string of the molecule is C=C(Nc1cncc(-c2cc3c(-c4cc5cnccc5[nH]4)n[nH]c3cn2)c1)C1CC1. The third-order valence-corrected chi connectivity index (χ3v) is 5.53. The molecule has 0 bridgehead atoms. The van der Waals surface area contributed by atoms with Gasteiger partial charge >= 0.3 is 0 Å². The van der Waals surface area contributed by atoms with E-state index in [1.54, 1.807) is 6.20 Å². The molecule has 1 aliphatic rings. The smallest absolute Gasteiger partial charge is 0.116 e. The van der Waals surface area contributed by atoms with E-state index in [-0.39, 0.29) is 0 Å². The molecule has 5 heterocycles. The fourth-order valence-corrected chi connectivity index (χ4v) is 3.75. The summed E-state index contributed by atoms with van der Waals surface area (Å²) in [5, 5.41) is 13.0. The van der Waals surface area contributed by atoms with Crippen molar-refractivity contribution >= 4 is 27.5 Å². The van der Waals surface area contributed by atoms with Gasteiger partial charge in [0.2, 0.25) is 0 Å². The number of aromatic nitrogens is 6. The molecule has 0 atom stereocenters. The van der Waals surface area contributed by atoms with Crippen LogP contribution in [-0.4, -0.2) is 30.1 Å². The van der Waals surface area contributed by atoms with E-state index in [0.717, 1.165) is 55.8 Å². The Labute approximate surface area is 172 Å². The van der Waals surface area contributed by atoms with Gasteiger partial charge < -0.3 is 10.3 Å². The summed E-state index contributed by atoms with van der Waals surface area (Å²) in [5.41, 5.74) is 7.49. The summed E-state index contributed by atoms with van der Waals surface area (Å²) in [7, 11) is 0. The molecule has 0 aliphatic heterocycles. The molecule has 5 aromatic rings. The number of anilines is 1. The Morgan fingerprint density at radius 3 is 2.83 bits per heavy atom. The molecule has 0 amide bonds. The minimum Gasteiger partial charge on any atom is -0.358 e. The fourth-order valence-electron chi connectivity index (χ4n) is 3.75. The van der Waals surface area contributed by atoms with E-state index < -0.39 is 0 Å². The molecule has 1 fully saturated rings. The zero-order valence-corrected chi connectivity index (χ0v) is 16.2. The third-order valence-electron chi connectivity index (χ3n) is 5.53. The monoisotopic (exact) mass is 393 g/mol. The molecule has 0 aromatic carbocycles. The van der Waals surface area contributed by atoms with Crippen LogP contribution in [0.2, 0.25) is 0 Å². The lowest BCUT2D eigenvalue weighted by Crippen LogP contribution is -2.00. The molecular weight excluding hydrogens is 374 g/mol. The summed E-state index contributed by atoms with van der Waals surface area (Å²) in [6.07, 6.45) is 11.5. The second-order valence-corrected chi connectivity index (χ2v) is 7.72. The first-order chi connectivity index (χ1) is 14.7. The summed E-state index contributed by atoms with van der Waals surface area (Å²) < 4.78 is 0. The van der Waals surface area contributed by atoms with Gasteiger partial charge in [-0.3, -0.25) is 20.1 Å². The quantitative estimate of drug-likeness (QED) is 0.395. The van der Waals surface area contributed by atoms with Gasteiger partial charge in [-0.2, -0.15) is 5.10 Å². The first-order valence-electron chi connectivity index (χ1n) is 9.93. The molecule has 0 unspecified atom stereocenters. The molecule has 1 aliphatic carbocycles. The van der Waals surface area contributed by atoms with Crippen LogP contribution < -0.4 is 5.32 Å². The van der Waals surface area contributed by atoms with Crippen molar-refractivity contribution in [2.45, 2.75) is 12.8 Å². The molecule has 1 saturated carbocycles. The first-order valence-corrected chi connectivity index (χ1v) is 9.93. The molecule has 146 valence electrons.